The number of ether oxygens (including phenoxy) is 1. The SMILES string of the molecule is CCN(C(=O)N1CC(CC(=O)O)C1)C(C)COC. The summed E-state index contributed by atoms with van der Waals surface area (Å²) >= 11 is 0. The van der Waals surface area contributed by atoms with E-state index in [1.165, 1.54) is 0 Å². The molecule has 2 amide bonds. The number of methoxy groups -OCH3 is 1. The second-order valence-corrected chi connectivity index (χ2v) is 4.74. The first-order chi connectivity index (χ1) is 8.49. The summed E-state index contributed by atoms with van der Waals surface area (Å²) in [5.41, 5.74) is 0. The lowest BCUT2D eigenvalue weighted by Gasteiger charge is -2.42. The van der Waals surface area contributed by atoms with Gasteiger partial charge in [0.05, 0.1) is 19.1 Å². The van der Waals surface area contributed by atoms with Crippen LogP contribution in [0.2, 0.25) is 0 Å². The number of carboxylic acid groups (broad SMARTS) is 1. The Morgan fingerprint density at radius 1 is 1.50 bits per heavy atom. The molecule has 1 saturated heterocycles. The van der Waals surface area contributed by atoms with Crippen molar-refractivity contribution in [2.24, 2.45) is 5.92 Å². The molecule has 1 fully saturated rings. The Labute approximate surface area is 107 Å². The summed E-state index contributed by atoms with van der Waals surface area (Å²) in [6, 6.07) is 0.00899. The van der Waals surface area contributed by atoms with Gasteiger partial charge in [0.25, 0.3) is 0 Å². The zero-order valence-electron chi connectivity index (χ0n) is 11.3. The maximum Gasteiger partial charge on any atom is 0.320 e. The van der Waals surface area contributed by atoms with Crippen molar-refractivity contribution in [2.45, 2.75) is 26.3 Å². The minimum absolute atomic E-state index is 0.0244. The van der Waals surface area contributed by atoms with Gasteiger partial charge in [-0.05, 0) is 13.8 Å². The van der Waals surface area contributed by atoms with Gasteiger partial charge in [0.1, 0.15) is 0 Å². The molecule has 1 aliphatic rings. The maximum atomic E-state index is 12.2. The average molecular weight is 258 g/mol. The topological polar surface area (TPSA) is 70.1 Å². The van der Waals surface area contributed by atoms with Gasteiger partial charge < -0.3 is 19.6 Å². The summed E-state index contributed by atoms with van der Waals surface area (Å²) in [5, 5.41) is 8.66. The van der Waals surface area contributed by atoms with Crippen LogP contribution >= 0.6 is 0 Å². The first-order valence-electron chi connectivity index (χ1n) is 6.25. The van der Waals surface area contributed by atoms with Crippen LogP contribution in [0.25, 0.3) is 0 Å². The van der Waals surface area contributed by atoms with Gasteiger partial charge in [0.15, 0.2) is 0 Å². The molecule has 1 atom stereocenters. The van der Waals surface area contributed by atoms with E-state index in [1.807, 2.05) is 13.8 Å². The fraction of sp³-hybridized carbons (Fsp3) is 0.833. The summed E-state index contributed by atoms with van der Waals surface area (Å²) in [6.45, 7) is 6.09. The lowest BCUT2D eigenvalue weighted by atomic mass is 9.97. The number of likely N-dealkylation sites (tertiary alicyclic amines) is 1. The molecule has 1 N–H and O–H groups in total. The van der Waals surface area contributed by atoms with E-state index in [9.17, 15) is 9.59 Å². The van der Waals surface area contributed by atoms with Gasteiger partial charge >= 0.3 is 12.0 Å². The molecule has 0 radical (unpaired) electrons. The van der Waals surface area contributed by atoms with Crippen molar-refractivity contribution in [3.05, 3.63) is 0 Å². The van der Waals surface area contributed by atoms with Crippen molar-refractivity contribution >= 4 is 12.0 Å². The fourth-order valence-corrected chi connectivity index (χ4v) is 2.25. The highest BCUT2D eigenvalue weighted by atomic mass is 16.5. The first-order valence-corrected chi connectivity index (χ1v) is 6.25. The maximum absolute atomic E-state index is 12.2. The van der Waals surface area contributed by atoms with Crippen LogP contribution in [-0.2, 0) is 9.53 Å². The van der Waals surface area contributed by atoms with E-state index in [1.54, 1.807) is 16.9 Å². The molecular weight excluding hydrogens is 236 g/mol. The predicted molar refractivity (Wildman–Crippen MR) is 66.4 cm³/mol. The highest BCUT2D eigenvalue weighted by Gasteiger charge is 2.35. The smallest absolute Gasteiger partial charge is 0.320 e. The number of likely N-dealkylation sites (N-methyl/N-ethyl adjacent to an activating group) is 1. The summed E-state index contributed by atoms with van der Waals surface area (Å²) in [5.74, 6) is -0.699. The number of carboxylic acids is 1. The first kappa shape index (κ1) is 14.8. The third-order valence-electron chi connectivity index (χ3n) is 3.22. The third kappa shape index (κ3) is 3.60. The van der Waals surface area contributed by atoms with Gasteiger partial charge in [-0.15, -0.1) is 0 Å². The van der Waals surface area contributed by atoms with Crippen molar-refractivity contribution in [2.75, 3.05) is 33.4 Å². The molecule has 0 aromatic heterocycles. The van der Waals surface area contributed by atoms with Gasteiger partial charge in [-0.1, -0.05) is 0 Å². The van der Waals surface area contributed by atoms with Gasteiger partial charge in [0.2, 0.25) is 0 Å². The van der Waals surface area contributed by atoms with Gasteiger partial charge in [0, 0.05) is 32.7 Å². The summed E-state index contributed by atoms with van der Waals surface area (Å²) in [6.07, 6.45) is 0.142. The van der Waals surface area contributed by atoms with Crippen LogP contribution in [-0.4, -0.2) is 66.3 Å². The Morgan fingerprint density at radius 3 is 2.56 bits per heavy atom. The predicted octanol–water partition coefficient (Wildman–Crippen LogP) is 0.870. The highest BCUT2D eigenvalue weighted by molar-refractivity contribution is 5.76. The Hall–Kier alpha value is -1.30. The van der Waals surface area contributed by atoms with Crippen LogP contribution in [0.15, 0.2) is 0 Å². The lowest BCUT2D eigenvalue weighted by Crippen LogP contribution is -2.57. The van der Waals surface area contributed by atoms with Crippen molar-refractivity contribution in [3.8, 4) is 0 Å². The molecule has 0 aliphatic carbocycles. The van der Waals surface area contributed by atoms with E-state index in [4.69, 9.17) is 9.84 Å². The summed E-state index contributed by atoms with van der Waals surface area (Å²) < 4.78 is 5.05. The van der Waals surface area contributed by atoms with Gasteiger partial charge in [-0.2, -0.15) is 0 Å². The molecule has 0 aromatic rings. The summed E-state index contributed by atoms with van der Waals surface area (Å²) in [7, 11) is 1.61. The summed E-state index contributed by atoms with van der Waals surface area (Å²) in [4.78, 5) is 26.1. The van der Waals surface area contributed by atoms with E-state index in [0.717, 1.165) is 0 Å². The van der Waals surface area contributed by atoms with E-state index < -0.39 is 5.97 Å². The molecular formula is C12H22N2O4. The molecule has 1 heterocycles. The van der Waals surface area contributed by atoms with Crippen molar-refractivity contribution in [1.29, 1.82) is 0 Å². The van der Waals surface area contributed by atoms with Crippen molar-refractivity contribution < 1.29 is 19.4 Å². The van der Waals surface area contributed by atoms with Crippen LogP contribution in [0.5, 0.6) is 0 Å². The van der Waals surface area contributed by atoms with Crippen molar-refractivity contribution in [1.82, 2.24) is 9.80 Å². The molecule has 0 spiro atoms. The van der Waals surface area contributed by atoms with Gasteiger partial charge in [-0.3, -0.25) is 4.79 Å². The number of carbonyl (C=O) groups excluding carboxylic acids is 1. The van der Waals surface area contributed by atoms with Crippen LogP contribution < -0.4 is 0 Å². The quantitative estimate of drug-likeness (QED) is 0.767. The standard InChI is InChI=1S/C12H22N2O4/c1-4-14(9(2)8-18-3)12(17)13-6-10(7-13)5-11(15)16/h9-10H,4-8H2,1-3H3,(H,15,16). The molecule has 1 unspecified atom stereocenters. The molecule has 6 nitrogen and oxygen atoms in total. The number of carbonyl (C=O) groups is 2. The largest absolute Gasteiger partial charge is 0.481 e. The van der Waals surface area contributed by atoms with Gasteiger partial charge in [-0.25, -0.2) is 4.79 Å². The normalized spacial score (nSPS) is 17.2. The van der Waals surface area contributed by atoms with Crippen LogP contribution in [0.1, 0.15) is 20.3 Å². The Balaban J connectivity index is 2.42. The monoisotopic (exact) mass is 258 g/mol. The molecule has 1 rings (SSSR count). The highest BCUT2D eigenvalue weighted by Crippen LogP contribution is 2.21. The zero-order valence-corrected chi connectivity index (χ0v) is 11.3. The van der Waals surface area contributed by atoms with Crippen LogP contribution in [0, 0.1) is 5.92 Å². The molecule has 18 heavy (non-hydrogen) atoms. The lowest BCUT2D eigenvalue weighted by molar-refractivity contribution is -0.139. The number of nitrogens with zero attached hydrogens (tertiary/aromatic N) is 2. The number of rotatable bonds is 6. The third-order valence-corrected chi connectivity index (χ3v) is 3.22. The van der Waals surface area contributed by atoms with Crippen LogP contribution in [0.4, 0.5) is 4.79 Å². The molecule has 104 valence electrons. The minimum atomic E-state index is -0.799. The molecule has 1 aliphatic heterocycles. The van der Waals surface area contributed by atoms with E-state index in [0.29, 0.717) is 26.2 Å². The number of amides is 2. The molecule has 0 saturated carbocycles. The van der Waals surface area contributed by atoms with E-state index in [2.05, 4.69) is 0 Å². The Kier molecular flexibility index (Phi) is 5.40. The number of hydrogen-bond donors (Lipinski definition) is 1. The Morgan fingerprint density at radius 2 is 2.11 bits per heavy atom. The number of urea groups is 1. The van der Waals surface area contributed by atoms with Crippen LogP contribution in [0.3, 0.4) is 0 Å². The molecule has 0 bridgehead atoms. The van der Waals surface area contributed by atoms with Crippen molar-refractivity contribution in [3.63, 3.8) is 0 Å². The minimum Gasteiger partial charge on any atom is -0.481 e. The second kappa shape index (κ2) is 6.58. The molecule has 6 heteroatoms. The fourth-order valence-electron chi connectivity index (χ4n) is 2.25. The Bertz CT molecular complexity index is 302. The van der Waals surface area contributed by atoms with E-state index >= 15 is 0 Å². The number of hydrogen-bond acceptors (Lipinski definition) is 3. The average Bonchev–Trinajstić information content (AvgIpc) is 2.23. The second-order valence-electron chi connectivity index (χ2n) is 4.74. The molecule has 0 aromatic carbocycles. The number of aliphatic carboxylic acids is 1. The zero-order chi connectivity index (χ0) is 13.7. The van der Waals surface area contributed by atoms with E-state index in [-0.39, 0.29) is 24.4 Å².